The average molecular weight is 212 g/mol. The van der Waals surface area contributed by atoms with Crippen LogP contribution in [0.2, 0.25) is 0 Å². The van der Waals surface area contributed by atoms with E-state index in [-0.39, 0.29) is 5.92 Å². The average Bonchev–Trinajstić information content (AvgIpc) is 2.53. The third-order valence-corrected chi connectivity index (χ3v) is 3.33. The molecule has 0 saturated carbocycles. The van der Waals surface area contributed by atoms with Crippen LogP contribution >= 0.6 is 0 Å². The van der Waals surface area contributed by atoms with E-state index >= 15 is 0 Å². The quantitative estimate of drug-likeness (QED) is 0.769. The number of nitrogens with two attached hydrogens (primary N) is 1. The van der Waals surface area contributed by atoms with Gasteiger partial charge in [-0.15, -0.1) is 0 Å². The number of hydrogen-bond donors (Lipinski definition) is 1. The summed E-state index contributed by atoms with van der Waals surface area (Å²) in [6.45, 7) is 8.01. The van der Waals surface area contributed by atoms with Gasteiger partial charge in [0.15, 0.2) is 0 Å². The Balaban J connectivity index is 2.45. The Morgan fingerprint density at radius 3 is 2.67 bits per heavy atom. The van der Waals surface area contributed by atoms with Gasteiger partial charge in [0, 0.05) is 18.5 Å². The van der Waals surface area contributed by atoms with Crippen molar-refractivity contribution in [2.24, 2.45) is 17.6 Å². The lowest BCUT2D eigenvalue weighted by Gasteiger charge is -2.25. The highest BCUT2D eigenvalue weighted by atomic mass is 16.2. The van der Waals surface area contributed by atoms with Gasteiger partial charge in [0.1, 0.15) is 0 Å². The zero-order chi connectivity index (χ0) is 11.4. The zero-order valence-electron chi connectivity index (χ0n) is 10.2. The molecule has 1 fully saturated rings. The van der Waals surface area contributed by atoms with Crippen LogP contribution in [0.15, 0.2) is 0 Å². The standard InChI is InChI=1S/C12H24N2O/c1-9-7-11(3)14(8-9)12(15)10(2)5-4-6-13/h9-11H,4-8,13H2,1-3H3. The summed E-state index contributed by atoms with van der Waals surface area (Å²) in [6.07, 6.45) is 3.02. The molecular weight excluding hydrogens is 188 g/mol. The highest BCUT2D eigenvalue weighted by molar-refractivity contribution is 5.79. The maximum Gasteiger partial charge on any atom is 0.225 e. The normalized spacial score (nSPS) is 28.1. The third-order valence-electron chi connectivity index (χ3n) is 3.33. The summed E-state index contributed by atoms with van der Waals surface area (Å²) in [6, 6.07) is 0.424. The van der Waals surface area contributed by atoms with E-state index in [0.717, 1.165) is 25.8 Å². The van der Waals surface area contributed by atoms with Gasteiger partial charge < -0.3 is 10.6 Å². The SMILES string of the molecule is CC1CC(C)N(C(=O)C(C)CCCN)C1. The Kier molecular flexibility index (Phi) is 4.58. The summed E-state index contributed by atoms with van der Waals surface area (Å²) in [4.78, 5) is 14.1. The number of rotatable bonds is 4. The minimum absolute atomic E-state index is 0.140. The molecule has 1 amide bonds. The highest BCUT2D eigenvalue weighted by Gasteiger charge is 2.31. The molecule has 3 nitrogen and oxygen atoms in total. The topological polar surface area (TPSA) is 46.3 Å². The molecule has 0 aromatic rings. The van der Waals surface area contributed by atoms with Crippen LogP contribution in [0.5, 0.6) is 0 Å². The molecule has 1 saturated heterocycles. The van der Waals surface area contributed by atoms with Crippen molar-refractivity contribution in [2.45, 2.75) is 46.1 Å². The summed E-state index contributed by atoms with van der Waals surface area (Å²) < 4.78 is 0. The highest BCUT2D eigenvalue weighted by Crippen LogP contribution is 2.24. The first-order valence-electron chi connectivity index (χ1n) is 6.06. The van der Waals surface area contributed by atoms with Crippen molar-refractivity contribution >= 4 is 5.91 Å². The molecule has 0 bridgehead atoms. The van der Waals surface area contributed by atoms with Crippen molar-refractivity contribution in [1.29, 1.82) is 0 Å². The third kappa shape index (κ3) is 3.20. The van der Waals surface area contributed by atoms with Crippen LogP contribution in [0.25, 0.3) is 0 Å². The molecule has 1 rings (SSSR count). The molecule has 0 aliphatic carbocycles. The minimum Gasteiger partial charge on any atom is -0.339 e. The molecule has 1 aliphatic rings. The predicted octanol–water partition coefficient (Wildman–Crippen LogP) is 1.62. The van der Waals surface area contributed by atoms with Crippen LogP contribution in [0, 0.1) is 11.8 Å². The minimum atomic E-state index is 0.140. The number of carbonyl (C=O) groups excluding carboxylic acids is 1. The zero-order valence-corrected chi connectivity index (χ0v) is 10.2. The van der Waals surface area contributed by atoms with Gasteiger partial charge in [-0.2, -0.15) is 0 Å². The molecule has 88 valence electrons. The lowest BCUT2D eigenvalue weighted by Crippen LogP contribution is -2.37. The van der Waals surface area contributed by atoms with E-state index in [2.05, 4.69) is 13.8 Å². The van der Waals surface area contributed by atoms with E-state index in [4.69, 9.17) is 5.73 Å². The Labute approximate surface area is 93.0 Å². The fourth-order valence-corrected chi connectivity index (χ4v) is 2.44. The van der Waals surface area contributed by atoms with Gasteiger partial charge in [-0.3, -0.25) is 4.79 Å². The van der Waals surface area contributed by atoms with Crippen molar-refractivity contribution in [1.82, 2.24) is 4.90 Å². The Bertz CT molecular complexity index is 218. The first kappa shape index (κ1) is 12.5. The molecule has 1 heterocycles. The number of likely N-dealkylation sites (tertiary alicyclic amines) is 1. The molecule has 0 spiro atoms. The van der Waals surface area contributed by atoms with E-state index < -0.39 is 0 Å². The molecule has 1 aliphatic heterocycles. The van der Waals surface area contributed by atoms with Crippen LogP contribution in [0.1, 0.15) is 40.0 Å². The predicted molar refractivity (Wildman–Crippen MR) is 62.4 cm³/mol. The van der Waals surface area contributed by atoms with E-state index in [1.165, 1.54) is 0 Å². The van der Waals surface area contributed by atoms with Gasteiger partial charge in [-0.05, 0) is 38.6 Å². The van der Waals surface area contributed by atoms with Crippen LogP contribution in [0.4, 0.5) is 0 Å². The smallest absolute Gasteiger partial charge is 0.225 e. The van der Waals surface area contributed by atoms with Gasteiger partial charge >= 0.3 is 0 Å². The second-order valence-corrected chi connectivity index (χ2v) is 5.01. The number of hydrogen-bond acceptors (Lipinski definition) is 2. The summed E-state index contributed by atoms with van der Waals surface area (Å²) in [5, 5.41) is 0. The fraction of sp³-hybridized carbons (Fsp3) is 0.917. The lowest BCUT2D eigenvalue weighted by molar-refractivity contribution is -0.135. The second-order valence-electron chi connectivity index (χ2n) is 5.01. The Morgan fingerprint density at radius 2 is 2.20 bits per heavy atom. The monoisotopic (exact) mass is 212 g/mol. The maximum atomic E-state index is 12.1. The molecule has 2 N–H and O–H groups in total. The molecule has 3 unspecified atom stereocenters. The van der Waals surface area contributed by atoms with Crippen LogP contribution in [0.3, 0.4) is 0 Å². The summed E-state index contributed by atoms with van der Waals surface area (Å²) in [5.74, 6) is 1.12. The molecule has 0 radical (unpaired) electrons. The number of nitrogens with zero attached hydrogens (tertiary/aromatic N) is 1. The van der Waals surface area contributed by atoms with Gasteiger partial charge in [0.05, 0.1) is 0 Å². The van der Waals surface area contributed by atoms with Crippen molar-refractivity contribution in [3.05, 3.63) is 0 Å². The van der Waals surface area contributed by atoms with Crippen molar-refractivity contribution in [2.75, 3.05) is 13.1 Å². The van der Waals surface area contributed by atoms with E-state index in [1.54, 1.807) is 0 Å². The van der Waals surface area contributed by atoms with E-state index in [0.29, 0.717) is 24.4 Å². The van der Waals surface area contributed by atoms with E-state index in [9.17, 15) is 4.79 Å². The van der Waals surface area contributed by atoms with Crippen molar-refractivity contribution in [3.63, 3.8) is 0 Å². The first-order valence-corrected chi connectivity index (χ1v) is 6.06. The van der Waals surface area contributed by atoms with E-state index in [1.807, 2.05) is 11.8 Å². The molecular formula is C12H24N2O. The van der Waals surface area contributed by atoms with Gasteiger partial charge in [-0.25, -0.2) is 0 Å². The Morgan fingerprint density at radius 1 is 1.53 bits per heavy atom. The second kappa shape index (κ2) is 5.50. The van der Waals surface area contributed by atoms with Gasteiger partial charge in [-0.1, -0.05) is 13.8 Å². The molecule has 3 atom stereocenters. The molecule has 15 heavy (non-hydrogen) atoms. The van der Waals surface area contributed by atoms with Gasteiger partial charge in [0.2, 0.25) is 5.91 Å². The van der Waals surface area contributed by atoms with Crippen molar-refractivity contribution in [3.8, 4) is 0 Å². The molecule has 3 heteroatoms. The van der Waals surface area contributed by atoms with Gasteiger partial charge in [0.25, 0.3) is 0 Å². The Hall–Kier alpha value is -0.570. The fourth-order valence-electron chi connectivity index (χ4n) is 2.44. The molecule has 0 aromatic carbocycles. The van der Waals surface area contributed by atoms with Crippen molar-refractivity contribution < 1.29 is 4.79 Å². The summed E-state index contributed by atoms with van der Waals surface area (Å²) >= 11 is 0. The molecule has 0 aromatic heterocycles. The number of carbonyl (C=O) groups is 1. The lowest BCUT2D eigenvalue weighted by atomic mass is 10.0. The summed E-state index contributed by atoms with van der Waals surface area (Å²) in [7, 11) is 0. The van der Waals surface area contributed by atoms with Crippen LogP contribution in [-0.2, 0) is 4.79 Å². The number of amides is 1. The summed E-state index contributed by atoms with van der Waals surface area (Å²) in [5.41, 5.74) is 5.45. The first-order chi connectivity index (χ1) is 7.06. The van der Waals surface area contributed by atoms with Crippen LogP contribution < -0.4 is 5.73 Å². The maximum absolute atomic E-state index is 12.1. The largest absolute Gasteiger partial charge is 0.339 e. The van der Waals surface area contributed by atoms with Crippen LogP contribution in [-0.4, -0.2) is 29.9 Å².